The summed E-state index contributed by atoms with van der Waals surface area (Å²) in [4.78, 5) is 12.3. The van der Waals surface area contributed by atoms with Crippen molar-refractivity contribution < 1.29 is 36.4 Å². The molecule has 2 aromatic rings. The van der Waals surface area contributed by atoms with Crippen molar-refractivity contribution in [3.05, 3.63) is 52.3 Å². The molecule has 35 heavy (non-hydrogen) atoms. The number of benzene rings is 2. The minimum Gasteiger partial charge on any atom is -0.598 e. The maximum Gasteiger partial charge on any atom is 0.419 e. The molecule has 0 aliphatic heterocycles. The van der Waals surface area contributed by atoms with Crippen molar-refractivity contribution in [3.8, 4) is 16.9 Å². The lowest BCUT2D eigenvalue weighted by molar-refractivity contribution is -0.143. The summed E-state index contributed by atoms with van der Waals surface area (Å²) in [5.41, 5.74) is -0.137. The number of nitrogens with one attached hydrogen (secondary N) is 1. The molecule has 0 heterocycles. The molecule has 0 aromatic heterocycles. The van der Waals surface area contributed by atoms with Gasteiger partial charge in [0.25, 0.3) is 0 Å². The van der Waals surface area contributed by atoms with E-state index in [2.05, 4.69) is 4.72 Å². The lowest BCUT2D eigenvalue weighted by Gasteiger charge is -2.29. The third-order valence-electron chi connectivity index (χ3n) is 5.40. The summed E-state index contributed by atoms with van der Waals surface area (Å²) in [6.07, 6.45) is -5.52. The number of hydrogen-bond acceptors (Lipinski definition) is 5. The maximum atomic E-state index is 15.4. The molecule has 5 nitrogen and oxygen atoms in total. The maximum absolute atomic E-state index is 15.4. The van der Waals surface area contributed by atoms with Crippen LogP contribution in [0, 0.1) is 19.7 Å². The van der Waals surface area contributed by atoms with E-state index < -0.39 is 57.7 Å². The van der Waals surface area contributed by atoms with Crippen LogP contribution < -0.4 is 9.46 Å². The van der Waals surface area contributed by atoms with E-state index in [0.29, 0.717) is 22.4 Å². The summed E-state index contributed by atoms with van der Waals surface area (Å²) in [7, 11) is 1.44. The minimum atomic E-state index is -5.01. The number of esters is 1. The highest BCUT2D eigenvalue weighted by Crippen LogP contribution is 2.41. The van der Waals surface area contributed by atoms with Crippen LogP contribution in [0.2, 0.25) is 0 Å². The molecule has 0 saturated carbocycles. The molecule has 0 aliphatic carbocycles. The van der Waals surface area contributed by atoms with Crippen molar-refractivity contribution >= 4 is 17.3 Å². The van der Waals surface area contributed by atoms with Gasteiger partial charge in [0, 0.05) is 16.9 Å². The first-order valence-corrected chi connectivity index (χ1v) is 12.2. The minimum absolute atomic E-state index is 0.0342. The Labute approximate surface area is 206 Å². The second-order valence-corrected chi connectivity index (χ2v) is 11.1. The zero-order valence-electron chi connectivity index (χ0n) is 20.9. The molecule has 0 aliphatic rings. The Bertz CT molecular complexity index is 1070. The van der Waals surface area contributed by atoms with Crippen LogP contribution in [-0.2, 0) is 27.1 Å². The van der Waals surface area contributed by atoms with Gasteiger partial charge < -0.3 is 14.0 Å². The average Bonchev–Trinajstić information content (AvgIpc) is 2.73. The summed E-state index contributed by atoms with van der Waals surface area (Å²) in [6, 6.07) is 4.06. The molecular formula is C25H31F4NO4S. The Kier molecular flexibility index (Phi) is 9.24. The molecule has 2 rings (SSSR count). The van der Waals surface area contributed by atoms with E-state index in [1.54, 1.807) is 53.7 Å². The predicted molar refractivity (Wildman–Crippen MR) is 128 cm³/mol. The van der Waals surface area contributed by atoms with Crippen LogP contribution in [-0.4, -0.2) is 29.0 Å². The number of halogens is 4. The van der Waals surface area contributed by atoms with Gasteiger partial charge in [0.05, 0.1) is 31.7 Å². The van der Waals surface area contributed by atoms with E-state index in [-0.39, 0.29) is 12.2 Å². The molecule has 0 spiro atoms. The summed E-state index contributed by atoms with van der Waals surface area (Å²) in [6.45, 7) is 9.97. The second-order valence-electron chi connectivity index (χ2n) is 9.07. The van der Waals surface area contributed by atoms with Gasteiger partial charge in [0.15, 0.2) is 0 Å². The zero-order chi connectivity index (χ0) is 26.7. The van der Waals surface area contributed by atoms with E-state index in [1.165, 1.54) is 13.2 Å². The number of ether oxygens (including phenoxy) is 2. The Morgan fingerprint density at radius 1 is 1.17 bits per heavy atom. The molecule has 0 amide bonds. The Morgan fingerprint density at radius 3 is 2.31 bits per heavy atom. The van der Waals surface area contributed by atoms with Gasteiger partial charge in [0.2, 0.25) is 0 Å². The van der Waals surface area contributed by atoms with Crippen molar-refractivity contribution in [2.24, 2.45) is 0 Å². The number of alkyl halides is 3. The molecule has 2 atom stereocenters. The Morgan fingerprint density at radius 2 is 1.80 bits per heavy atom. The smallest absolute Gasteiger partial charge is 0.419 e. The van der Waals surface area contributed by atoms with Gasteiger partial charge in [-0.05, 0) is 82.0 Å². The first kappa shape index (κ1) is 28.9. The Hall–Kier alpha value is -2.30. The fraction of sp³-hybridized carbons (Fsp3) is 0.480. The number of methoxy groups -OCH3 is 1. The van der Waals surface area contributed by atoms with Crippen LogP contribution in [0.3, 0.4) is 0 Å². The molecule has 0 saturated heterocycles. The van der Waals surface area contributed by atoms with Gasteiger partial charge in [0.1, 0.15) is 16.3 Å². The standard InChI is InChI=1S/C25H31F4NO4S/c1-8-34-21(31)13-19(30-35(32)24(4,5)6)17-11-16(12-18(23(17)26)25(27,28)29)22-14(2)9-10-20(33-7)15(22)3/h9-12,19,30H,8,13H2,1-7H3/t19-,35+/m0/s1. The number of aryl methyl sites for hydroxylation is 1. The van der Waals surface area contributed by atoms with Crippen LogP contribution in [0.4, 0.5) is 17.6 Å². The summed E-state index contributed by atoms with van der Waals surface area (Å²) < 4.78 is 82.1. The van der Waals surface area contributed by atoms with E-state index in [1.807, 2.05) is 0 Å². The van der Waals surface area contributed by atoms with Gasteiger partial charge in [-0.2, -0.15) is 13.2 Å². The molecule has 0 fully saturated rings. The first-order chi connectivity index (χ1) is 16.1. The quantitative estimate of drug-likeness (QED) is 0.257. The summed E-state index contributed by atoms with van der Waals surface area (Å²) >= 11 is -1.81. The molecule has 10 heteroatoms. The molecular weight excluding hydrogens is 486 g/mol. The lowest BCUT2D eigenvalue weighted by Crippen LogP contribution is -2.42. The van der Waals surface area contributed by atoms with E-state index in [9.17, 15) is 22.5 Å². The van der Waals surface area contributed by atoms with Crippen LogP contribution in [0.15, 0.2) is 24.3 Å². The van der Waals surface area contributed by atoms with Crippen LogP contribution in [0.5, 0.6) is 5.75 Å². The fourth-order valence-corrected chi connectivity index (χ4v) is 4.47. The van der Waals surface area contributed by atoms with Crippen molar-refractivity contribution in [3.63, 3.8) is 0 Å². The van der Waals surface area contributed by atoms with E-state index in [0.717, 1.165) is 6.07 Å². The van der Waals surface area contributed by atoms with Crippen molar-refractivity contribution in [2.45, 2.75) is 64.9 Å². The van der Waals surface area contributed by atoms with E-state index in [4.69, 9.17) is 9.47 Å². The van der Waals surface area contributed by atoms with Gasteiger partial charge >= 0.3 is 12.1 Å². The van der Waals surface area contributed by atoms with Gasteiger partial charge in [-0.1, -0.05) is 6.07 Å². The topological polar surface area (TPSA) is 70.6 Å². The molecule has 0 unspecified atom stereocenters. The van der Waals surface area contributed by atoms with Crippen molar-refractivity contribution in [1.29, 1.82) is 0 Å². The van der Waals surface area contributed by atoms with Crippen molar-refractivity contribution in [2.75, 3.05) is 13.7 Å². The van der Waals surface area contributed by atoms with Crippen LogP contribution in [0.1, 0.15) is 62.4 Å². The number of carbonyl (C=O) groups is 1. The summed E-state index contributed by atoms with van der Waals surface area (Å²) in [5, 5.41) is 0. The van der Waals surface area contributed by atoms with Gasteiger partial charge in [-0.15, -0.1) is 4.72 Å². The van der Waals surface area contributed by atoms with Gasteiger partial charge in [-0.25, -0.2) is 4.39 Å². The number of rotatable bonds is 8. The SMILES string of the molecule is CCOC(=O)C[C@H](N[S@+]([O-])C(C)(C)C)c1cc(-c2c(C)ccc(OC)c2C)cc(C(F)(F)F)c1F. The molecule has 0 radical (unpaired) electrons. The number of carbonyl (C=O) groups excluding carboxylic acids is 1. The average molecular weight is 518 g/mol. The lowest BCUT2D eigenvalue weighted by atomic mass is 9.90. The summed E-state index contributed by atoms with van der Waals surface area (Å²) in [5.74, 6) is -1.84. The third-order valence-corrected chi connectivity index (χ3v) is 7.01. The van der Waals surface area contributed by atoms with Crippen molar-refractivity contribution in [1.82, 2.24) is 4.72 Å². The Balaban J connectivity index is 2.82. The predicted octanol–water partition coefficient (Wildman–Crippen LogP) is 6.18. The molecule has 0 bridgehead atoms. The largest absolute Gasteiger partial charge is 0.598 e. The second kappa shape index (κ2) is 11.2. The molecule has 1 N–H and O–H groups in total. The monoisotopic (exact) mass is 517 g/mol. The van der Waals surface area contributed by atoms with Crippen LogP contribution in [0.25, 0.3) is 11.1 Å². The molecule has 2 aromatic carbocycles. The number of hydrogen-bond donors (Lipinski definition) is 1. The highest BCUT2D eigenvalue weighted by molar-refractivity contribution is 7.90. The highest BCUT2D eigenvalue weighted by atomic mass is 32.2. The highest BCUT2D eigenvalue weighted by Gasteiger charge is 2.39. The first-order valence-electron chi connectivity index (χ1n) is 11.0. The normalized spacial score (nSPS) is 13.9. The fourth-order valence-electron chi connectivity index (χ4n) is 3.65. The van der Waals surface area contributed by atoms with E-state index >= 15 is 4.39 Å². The molecule has 194 valence electrons. The van der Waals surface area contributed by atoms with Gasteiger partial charge in [-0.3, -0.25) is 4.79 Å². The third kappa shape index (κ3) is 6.89. The zero-order valence-corrected chi connectivity index (χ0v) is 21.7. The van der Waals surface area contributed by atoms with Crippen LogP contribution >= 0.6 is 0 Å².